The Morgan fingerprint density at radius 3 is 1.76 bits per heavy atom. The van der Waals surface area contributed by atoms with Crippen molar-refractivity contribution in [3.8, 4) is 33.4 Å². The summed E-state index contributed by atoms with van der Waals surface area (Å²) in [5.74, 6) is 4.09. The van der Waals surface area contributed by atoms with E-state index in [0.717, 1.165) is 30.1 Å². The number of rotatable bonds is 6. The van der Waals surface area contributed by atoms with Crippen molar-refractivity contribution in [2.45, 2.75) is 119 Å². The van der Waals surface area contributed by atoms with E-state index in [9.17, 15) is 0 Å². The summed E-state index contributed by atoms with van der Waals surface area (Å²) in [5, 5.41) is 0. The van der Waals surface area contributed by atoms with Crippen molar-refractivity contribution in [2.24, 2.45) is 35.0 Å². The second kappa shape index (κ2) is 16.7. The maximum absolute atomic E-state index is 2.99. The molecule has 0 radical (unpaired) electrons. The normalized spacial score (nSPS) is 24.7. The Bertz CT molecular complexity index is 2580. The molecule has 0 spiro atoms. The third-order valence-corrected chi connectivity index (χ3v) is 24.2. The molecule has 4 saturated carbocycles. The number of benzene rings is 5. The smallest absolute Gasteiger partial charge is 1.00 e. The van der Waals surface area contributed by atoms with Crippen LogP contribution in [0, 0.1) is 41.9 Å². The van der Waals surface area contributed by atoms with Gasteiger partial charge >= 0.3 is 372 Å². The number of aryl methyl sites for hydroxylation is 1. The first-order chi connectivity index (χ1) is 28.6. The number of hydrogen-bond acceptors (Lipinski definition) is 0. The molecule has 0 saturated heterocycles. The van der Waals surface area contributed by atoms with Crippen LogP contribution in [-0.4, -0.2) is 3.21 Å². The fraction of sp³-hybridized carbons (Fsp3) is 0.407. The van der Waals surface area contributed by atoms with Gasteiger partial charge in [0.15, 0.2) is 0 Å². The van der Waals surface area contributed by atoms with Crippen molar-refractivity contribution in [2.75, 3.05) is 0 Å². The van der Waals surface area contributed by atoms with Gasteiger partial charge in [0.1, 0.15) is 0 Å². The van der Waals surface area contributed by atoms with Crippen molar-refractivity contribution >= 4 is 6.48 Å². The zero-order valence-electron chi connectivity index (χ0n) is 38.9. The minimum atomic E-state index is -2.99. The van der Waals surface area contributed by atoms with Gasteiger partial charge in [-0.2, -0.15) is 0 Å². The van der Waals surface area contributed by atoms with E-state index in [2.05, 4.69) is 185 Å². The summed E-state index contributed by atoms with van der Waals surface area (Å²) in [6.45, 7) is 24.7. The molecule has 0 amide bonds. The van der Waals surface area contributed by atoms with Gasteiger partial charge in [-0.3, -0.25) is 0 Å². The molecule has 4 fully saturated rings. The standard InChI is InChI=1S/C33H33.C17H23.C9H10.2ClH.Zr/c1-32(2,3)30-20-26-24(18-28(30)22-13-9-7-10-14-22)17-25-19-29(23-15-11-8-12-16-23)31(21-27(25)26)33(4,5)6;1-11-3-4-14(5-11)17(2)15-7-12-6-13(9-15)10-16(17)8-12;1-3-9-6-4-8(2)5-7-9;;;/h7-16,18,20-21H,17H2,1-6H3;4-5,11-13,15-16H,6-10H2,1-2H3;4-7H,1-2H3;2*1H;/q;;;;;+2/p-2. The van der Waals surface area contributed by atoms with E-state index in [-0.39, 0.29) is 35.6 Å². The second-order valence-electron chi connectivity index (χ2n) is 22.1. The van der Waals surface area contributed by atoms with Crippen LogP contribution in [0.25, 0.3) is 33.4 Å². The van der Waals surface area contributed by atoms with Gasteiger partial charge in [0.05, 0.1) is 0 Å². The molecule has 3 heteroatoms. The molecule has 4 bridgehead atoms. The molecule has 0 nitrogen and oxygen atoms in total. The van der Waals surface area contributed by atoms with E-state index in [1.54, 1.807) is 20.9 Å². The van der Waals surface area contributed by atoms with Crippen molar-refractivity contribution in [3.63, 3.8) is 0 Å². The van der Waals surface area contributed by atoms with Gasteiger partial charge in [0.25, 0.3) is 0 Å². The van der Waals surface area contributed by atoms with Crippen molar-refractivity contribution in [1.29, 1.82) is 0 Å². The van der Waals surface area contributed by atoms with Crippen molar-refractivity contribution in [3.05, 3.63) is 158 Å². The Balaban J connectivity index is 0.00000264. The first-order valence-corrected chi connectivity index (χ1v) is 27.0. The minimum Gasteiger partial charge on any atom is -1.00 e. The number of halogens is 2. The summed E-state index contributed by atoms with van der Waals surface area (Å²) < 4.78 is 5.20. The van der Waals surface area contributed by atoms with E-state index in [1.807, 2.05) is 0 Å². The zero-order valence-corrected chi connectivity index (χ0v) is 42.8. The third kappa shape index (κ3) is 7.61. The average Bonchev–Trinajstić information content (AvgIpc) is 3.79. The van der Waals surface area contributed by atoms with Crippen LogP contribution in [0.15, 0.2) is 124 Å². The summed E-state index contributed by atoms with van der Waals surface area (Å²) in [6, 6.07) is 40.3. The quantitative estimate of drug-likeness (QED) is 0.157. The van der Waals surface area contributed by atoms with Crippen LogP contribution >= 0.6 is 0 Å². The maximum atomic E-state index is 2.87. The second-order valence-corrected chi connectivity index (χ2v) is 28.5. The molecule has 6 aliphatic carbocycles. The maximum Gasteiger partial charge on any atom is -1.00 e. The van der Waals surface area contributed by atoms with Crippen molar-refractivity contribution < 1.29 is 46.1 Å². The molecule has 62 heavy (non-hydrogen) atoms. The molecule has 0 N–H and O–H groups in total. The Kier molecular flexibility index (Phi) is 12.3. The number of hydrogen-bond donors (Lipinski definition) is 0. The molecule has 1 atom stereocenters. The molecule has 0 heterocycles. The van der Waals surface area contributed by atoms with Gasteiger partial charge in [0, 0.05) is 0 Å². The van der Waals surface area contributed by atoms with E-state index >= 15 is 0 Å². The predicted molar refractivity (Wildman–Crippen MR) is 254 cm³/mol. The largest absolute Gasteiger partial charge is 1.00 e. The van der Waals surface area contributed by atoms with E-state index in [1.165, 1.54) is 93.3 Å². The molecule has 6 aliphatic rings. The van der Waals surface area contributed by atoms with Gasteiger partial charge in [-0.15, -0.1) is 0 Å². The topological polar surface area (TPSA) is 0 Å². The zero-order chi connectivity index (χ0) is 41.9. The summed E-state index contributed by atoms with van der Waals surface area (Å²) in [7, 11) is 0. The van der Waals surface area contributed by atoms with Crippen LogP contribution < -0.4 is 28.1 Å². The van der Waals surface area contributed by atoms with Gasteiger partial charge in [0.2, 0.25) is 0 Å². The summed E-state index contributed by atoms with van der Waals surface area (Å²) in [6.07, 6.45) is 14.0. The summed E-state index contributed by atoms with van der Waals surface area (Å²) in [4.78, 5) is 0. The first-order valence-electron chi connectivity index (χ1n) is 23.3. The molecule has 11 rings (SSSR count). The molecule has 1 unspecified atom stereocenters. The predicted octanol–water partition coefficient (Wildman–Crippen LogP) is 8.91. The molecule has 0 aromatic heterocycles. The minimum absolute atomic E-state index is 0. The van der Waals surface area contributed by atoms with Gasteiger partial charge < -0.3 is 24.8 Å². The number of fused-ring (bicyclic) bond motifs is 3. The average molecular weight is 937 g/mol. The molecule has 5 aromatic rings. The van der Waals surface area contributed by atoms with E-state index in [4.69, 9.17) is 0 Å². The van der Waals surface area contributed by atoms with E-state index in [0.29, 0.717) is 11.3 Å². The fourth-order valence-electron chi connectivity index (χ4n) is 13.1. The van der Waals surface area contributed by atoms with Crippen LogP contribution in [0.3, 0.4) is 0 Å². The van der Waals surface area contributed by atoms with E-state index < -0.39 is 21.3 Å². The summed E-state index contributed by atoms with van der Waals surface area (Å²) in [5.41, 5.74) is 19.4. The Labute approximate surface area is 394 Å². The monoisotopic (exact) mass is 934 g/mol. The van der Waals surface area contributed by atoms with Crippen LogP contribution in [0.5, 0.6) is 0 Å². The number of allylic oxidation sites excluding steroid dienone is 4. The fourth-order valence-corrected chi connectivity index (χ4v) is 21.6. The van der Waals surface area contributed by atoms with Gasteiger partial charge in [-0.25, -0.2) is 0 Å². The SMILES string of the molecule is C/[C](c1ccc(C)cc1)=[Zr+2](\[C]1=CC(C2(C)C3CC4CC(C3)CC2C4)=CC1C)[c]1c2c(cc(C(C)(C)C)c1-c1ccccc1)-c1cc(C(C)(C)C)c(-c3ccccc3)cc1C2.[Cl-].[Cl-]. The van der Waals surface area contributed by atoms with Crippen LogP contribution in [0.1, 0.15) is 128 Å². The molecule has 0 aliphatic heterocycles. The summed E-state index contributed by atoms with van der Waals surface area (Å²) >= 11 is -2.99. The first kappa shape index (κ1) is 45.5. The van der Waals surface area contributed by atoms with Crippen molar-refractivity contribution in [1.82, 2.24) is 0 Å². The Morgan fingerprint density at radius 2 is 1.19 bits per heavy atom. The molecule has 320 valence electrons. The van der Waals surface area contributed by atoms with Crippen LogP contribution in [0.2, 0.25) is 0 Å². The van der Waals surface area contributed by atoms with Gasteiger partial charge in [-0.05, 0) is 0 Å². The van der Waals surface area contributed by atoms with Crippen LogP contribution in [-0.2, 0) is 38.5 Å². The molecule has 5 aromatic carbocycles. The van der Waals surface area contributed by atoms with Crippen LogP contribution in [0.4, 0.5) is 0 Å². The molecular formula is C59H66Cl2Zr. The Morgan fingerprint density at radius 1 is 0.645 bits per heavy atom. The Hall–Kier alpha value is -3.09. The molecular weight excluding hydrogens is 871 g/mol. The van der Waals surface area contributed by atoms with Gasteiger partial charge in [-0.1, -0.05) is 0 Å². The third-order valence-electron chi connectivity index (χ3n) is 16.2.